The molecule has 4 aliphatic rings. The molecular formula is C22H33N5O6S. The normalized spacial score (nSPS) is 34.3. The molecule has 7 atom stereocenters. The molecule has 34 heavy (non-hydrogen) atoms. The minimum Gasteiger partial charge on any atom is -0.477 e. The first-order valence-electron chi connectivity index (χ1n) is 11.7. The van der Waals surface area contributed by atoms with E-state index in [-0.39, 0.29) is 47.4 Å². The molecule has 11 nitrogen and oxygen atoms in total. The lowest BCUT2D eigenvalue weighted by molar-refractivity contribution is -0.163. The molecule has 0 aromatic rings. The van der Waals surface area contributed by atoms with Crippen LogP contribution in [-0.4, -0.2) is 116 Å². The molecule has 0 spiro atoms. The van der Waals surface area contributed by atoms with Crippen LogP contribution >= 0.6 is 11.8 Å². The minimum absolute atomic E-state index is 0.00217. The average molecular weight is 496 g/mol. The van der Waals surface area contributed by atoms with E-state index in [9.17, 15) is 29.7 Å². The van der Waals surface area contributed by atoms with Gasteiger partial charge >= 0.3 is 5.97 Å². The largest absolute Gasteiger partial charge is 0.477 e. The number of thioether (sulfide) groups is 1. The van der Waals surface area contributed by atoms with Crippen molar-refractivity contribution in [3.05, 3.63) is 10.6 Å². The van der Waals surface area contributed by atoms with Crippen molar-refractivity contribution in [3.63, 3.8) is 0 Å². The fourth-order valence-corrected chi connectivity index (χ4v) is 7.12. The summed E-state index contributed by atoms with van der Waals surface area (Å²) in [6.07, 6.45) is -0.338. The highest BCUT2D eigenvalue weighted by Gasteiger charge is 2.60. The first-order valence-corrected chi connectivity index (χ1v) is 12.5. The highest BCUT2D eigenvalue weighted by atomic mass is 32.2. The number of amidine groups is 1. The van der Waals surface area contributed by atoms with Crippen molar-refractivity contribution in [1.29, 1.82) is 5.41 Å². The Morgan fingerprint density at radius 1 is 1.32 bits per heavy atom. The van der Waals surface area contributed by atoms with E-state index < -0.39 is 24.0 Å². The number of nitrogens with zero attached hydrogens (tertiary/aromatic N) is 3. The van der Waals surface area contributed by atoms with Gasteiger partial charge in [0.2, 0.25) is 11.8 Å². The van der Waals surface area contributed by atoms with Crippen LogP contribution in [0.5, 0.6) is 0 Å². The number of aliphatic carboxylic acids is 1. The number of hydrogen-bond donors (Lipinski definition) is 5. The molecule has 5 N–H and O–H groups in total. The SMILES string of the molecule is CC(=N)N1CCN(C(=O)[C@@H]2C[C@H](SC3=C(C(=O)O)N4C(=O)[C@H](C(C)O)[C@H]4[C@H]3C)CN2)C(CO)C1. The Morgan fingerprint density at radius 3 is 2.62 bits per heavy atom. The molecule has 2 amide bonds. The van der Waals surface area contributed by atoms with Crippen molar-refractivity contribution >= 4 is 35.4 Å². The lowest BCUT2D eigenvalue weighted by Crippen LogP contribution is -2.63. The Labute approximate surface area is 202 Å². The Balaban J connectivity index is 1.43. The topological polar surface area (TPSA) is 157 Å². The summed E-state index contributed by atoms with van der Waals surface area (Å²) in [5, 5.41) is 40.7. The van der Waals surface area contributed by atoms with E-state index in [1.54, 1.807) is 18.7 Å². The zero-order valence-corrected chi connectivity index (χ0v) is 20.4. The monoisotopic (exact) mass is 495 g/mol. The van der Waals surface area contributed by atoms with Gasteiger partial charge in [-0.25, -0.2) is 4.79 Å². The van der Waals surface area contributed by atoms with Crippen LogP contribution in [0.4, 0.5) is 0 Å². The highest BCUT2D eigenvalue weighted by Crippen LogP contribution is 2.51. The number of fused-ring (bicyclic) bond motifs is 1. The zero-order valence-electron chi connectivity index (χ0n) is 19.6. The number of β-lactam (4-membered cyclic amide) rings is 1. The fourth-order valence-electron chi connectivity index (χ4n) is 5.65. The van der Waals surface area contributed by atoms with Crippen LogP contribution in [0.3, 0.4) is 0 Å². The molecule has 4 heterocycles. The Bertz CT molecular complexity index is 925. The molecule has 3 saturated heterocycles. The number of carbonyl (C=O) groups excluding carboxylic acids is 2. The lowest BCUT2D eigenvalue weighted by Gasteiger charge is -2.46. The number of aliphatic hydroxyl groups excluding tert-OH is 2. The zero-order chi connectivity index (χ0) is 24.9. The van der Waals surface area contributed by atoms with Crippen molar-refractivity contribution in [2.24, 2.45) is 11.8 Å². The summed E-state index contributed by atoms with van der Waals surface area (Å²) in [5.74, 6) is -2.00. The summed E-state index contributed by atoms with van der Waals surface area (Å²) in [6, 6.07) is -1.17. The maximum atomic E-state index is 13.2. The van der Waals surface area contributed by atoms with Gasteiger partial charge in [0.05, 0.1) is 42.6 Å². The summed E-state index contributed by atoms with van der Waals surface area (Å²) >= 11 is 1.41. The third-order valence-corrected chi connectivity index (χ3v) is 8.96. The second-order valence-electron chi connectivity index (χ2n) is 9.61. The molecule has 0 radical (unpaired) electrons. The van der Waals surface area contributed by atoms with E-state index in [0.717, 1.165) is 0 Å². The lowest BCUT2D eigenvalue weighted by atomic mass is 9.79. The third-order valence-electron chi connectivity index (χ3n) is 7.44. The first kappa shape index (κ1) is 25.0. The van der Waals surface area contributed by atoms with Crippen molar-refractivity contribution < 1.29 is 29.7 Å². The number of hydrogen-bond acceptors (Lipinski definition) is 8. The molecule has 4 aliphatic heterocycles. The smallest absolute Gasteiger partial charge is 0.353 e. The van der Waals surface area contributed by atoms with E-state index in [2.05, 4.69) is 5.32 Å². The van der Waals surface area contributed by atoms with Gasteiger partial charge in [0, 0.05) is 42.3 Å². The number of carboxylic acid groups (broad SMARTS) is 1. The molecule has 0 saturated carbocycles. The van der Waals surface area contributed by atoms with Gasteiger partial charge in [-0.05, 0) is 20.3 Å². The quantitative estimate of drug-likeness (QED) is 0.179. The third kappa shape index (κ3) is 4.10. The van der Waals surface area contributed by atoms with Crippen molar-refractivity contribution in [2.75, 3.05) is 32.8 Å². The number of rotatable bonds is 6. The molecule has 3 fully saturated rings. The van der Waals surface area contributed by atoms with Crippen LogP contribution in [0.1, 0.15) is 27.2 Å². The number of piperazine rings is 1. The van der Waals surface area contributed by atoms with Crippen molar-refractivity contribution in [2.45, 2.75) is 56.7 Å². The van der Waals surface area contributed by atoms with Crippen LogP contribution < -0.4 is 5.32 Å². The van der Waals surface area contributed by atoms with E-state index in [4.69, 9.17) is 5.41 Å². The van der Waals surface area contributed by atoms with Gasteiger partial charge in [0.25, 0.3) is 0 Å². The Kier molecular flexibility index (Phi) is 6.96. The van der Waals surface area contributed by atoms with Crippen LogP contribution in [0.25, 0.3) is 0 Å². The number of aliphatic hydroxyl groups is 2. The average Bonchev–Trinajstić information content (AvgIpc) is 3.34. The maximum absolute atomic E-state index is 13.2. The molecular weight excluding hydrogens is 462 g/mol. The van der Waals surface area contributed by atoms with Gasteiger partial charge in [0.15, 0.2) is 0 Å². The van der Waals surface area contributed by atoms with Crippen LogP contribution in [0.2, 0.25) is 0 Å². The van der Waals surface area contributed by atoms with Gasteiger partial charge in [-0.3, -0.25) is 15.0 Å². The molecule has 12 heteroatoms. The standard InChI is InChI=1S/C22H33N5O6S/c1-10-17-16(11(2)29)21(31)27(17)18(22(32)33)19(10)34-14-6-15(24-7-14)20(30)26-5-4-25(12(3)23)8-13(26)9-28/h10-11,13-17,23-24,28-29H,4-9H2,1-3H3,(H,32,33)/t10-,11?,13?,14+,15+,16-,17-/m1/s1. The van der Waals surface area contributed by atoms with Gasteiger partial charge in [-0.2, -0.15) is 0 Å². The van der Waals surface area contributed by atoms with Gasteiger partial charge in [0.1, 0.15) is 5.70 Å². The van der Waals surface area contributed by atoms with Crippen LogP contribution in [0.15, 0.2) is 10.6 Å². The number of carboxylic acids is 1. The molecule has 4 rings (SSSR count). The summed E-state index contributed by atoms with van der Waals surface area (Å²) in [7, 11) is 0. The maximum Gasteiger partial charge on any atom is 0.353 e. The van der Waals surface area contributed by atoms with Gasteiger partial charge in [-0.1, -0.05) is 6.92 Å². The molecule has 2 unspecified atom stereocenters. The van der Waals surface area contributed by atoms with E-state index in [0.29, 0.717) is 43.3 Å². The van der Waals surface area contributed by atoms with Crippen LogP contribution in [0, 0.1) is 17.2 Å². The van der Waals surface area contributed by atoms with Crippen LogP contribution in [-0.2, 0) is 14.4 Å². The van der Waals surface area contributed by atoms with Crippen molar-refractivity contribution in [1.82, 2.24) is 20.0 Å². The van der Waals surface area contributed by atoms with Gasteiger partial charge in [-0.15, -0.1) is 11.8 Å². The highest BCUT2D eigenvalue weighted by molar-refractivity contribution is 8.03. The number of carbonyl (C=O) groups is 3. The molecule has 0 aromatic heterocycles. The molecule has 188 valence electrons. The second kappa shape index (κ2) is 9.48. The van der Waals surface area contributed by atoms with Crippen molar-refractivity contribution in [3.8, 4) is 0 Å². The van der Waals surface area contributed by atoms with E-state index in [1.165, 1.54) is 16.7 Å². The number of nitrogens with one attached hydrogen (secondary N) is 2. The molecule has 0 aromatic carbocycles. The summed E-state index contributed by atoms with van der Waals surface area (Å²) in [5.41, 5.74) is -0.00217. The predicted octanol–water partition coefficient (Wildman–Crippen LogP) is -0.894. The van der Waals surface area contributed by atoms with Gasteiger partial charge < -0.3 is 35.3 Å². The second-order valence-corrected chi connectivity index (χ2v) is 10.9. The van der Waals surface area contributed by atoms with E-state index in [1.807, 2.05) is 11.8 Å². The number of amides is 2. The fraction of sp³-hybridized carbons (Fsp3) is 0.727. The molecule has 0 aliphatic carbocycles. The first-order chi connectivity index (χ1) is 16.1. The summed E-state index contributed by atoms with van der Waals surface area (Å²) < 4.78 is 0. The Hall–Kier alpha value is -2.15. The summed E-state index contributed by atoms with van der Waals surface area (Å²) in [4.78, 5) is 43.2. The Morgan fingerprint density at radius 2 is 2.03 bits per heavy atom. The van der Waals surface area contributed by atoms with E-state index >= 15 is 0 Å². The predicted molar refractivity (Wildman–Crippen MR) is 125 cm³/mol. The molecule has 0 bridgehead atoms. The minimum atomic E-state index is -1.15. The summed E-state index contributed by atoms with van der Waals surface area (Å²) in [6.45, 7) is 6.87.